The smallest absolute Gasteiger partial charge is 0.307 e. The van der Waals surface area contributed by atoms with Crippen molar-refractivity contribution in [1.29, 1.82) is 0 Å². The molecule has 5 nitrogen and oxygen atoms in total. The van der Waals surface area contributed by atoms with Gasteiger partial charge in [0.2, 0.25) is 0 Å². The molecule has 98 valence electrons. The number of benzene rings is 1. The average Bonchev–Trinajstić information content (AvgIpc) is 2.80. The Bertz CT molecular complexity index is 638. The molecular formula is C12H8Br2N2O3. The van der Waals surface area contributed by atoms with Crippen molar-refractivity contribution < 1.29 is 14.3 Å². The van der Waals surface area contributed by atoms with Crippen molar-refractivity contribution in [2.45, 2.75) is 0 Å². The van der Waals surface area contributed by atoms with Gasteiger partial charge in [0.25, 0.3) is 0 Å². The molecule has 1 aromatic heterocycles. The van der Waals surface area contributed by atoms with Crippen LogP contribution in [0.3, 0.4) is 0 Å². The van der Waals surface area contributed by atoms with E-state index in [1.54, 1.807) is 12.1 Å². The van der Waals surface area contributed by atoms with Gasteiger partial charge in [-0.05, 0) is 34.1 Å². The van der Waals surface area contributed by atoms with Crippen molar-refractivity contribution in [3.63, 3.8) is 0 Å². The second kappa shape index (κ2) is 6.03. The molecule has 0 fully saturated rings. The van der Waals surface area contributed by atoms with Crippen molar-refractivity contribution in [2.24, 2.45) is 5.10 Å². The van der Waals surface area contributed by atoms with E-state index in [1.165, 1.54) is 24.6 Å². The highest BCUT2D eigenvalue weighted by Crippen LogP contribution is 2.20. The Morgan fingerprint density at radius 3 is 2.79 bits per heavy atom. The number of rotatable bonds is 3. The van der Waals surface area contributed by atoms with Crippen LogP contribution in [0.15, 0.2) is 49.0 Å². The zero-order valence-electron chi connectivity index (χ0n) is 9.43. The number of phenolic OH excluding ortho intramolecular Hbond substituents is 1. The Hall–Kier alpha value is -1.60. The van der Waals surface area contributed by atoms with Gasteiger partial charge in [0.1, 0.15) is 12.0 Å². The second-order valence-corrected chi connectivity index (χ2v) is 5.36. The summed E-state index contributed by atoms with van der Waals surface area (Å²) < 4.78 is 6.45. The Balaban J connectivity index is 2.04. The molecule has 1 amide bonds. The van der Waals surface area contributed by atoms with Crippen molar-refractivity contribution >= 4 is 44.0 Å². The number of amides is 1. The fraction of sp³-hybridized carbons (Fsp3) is 0. The molecule has 0 aliphatic rings. The van der Waals surface area contributed by atoms with Crippen molar-refractivity contribution in [1.82, 2.24) is 5.43 Å². The minimum atomic E-state index is -0.476. The zero-order chi connectivity index (χ0) is 13.8. The van der Waals surface area contributed by atoms with Crippen LogP contribution in [-0.4, -0.2) is 17.2 Å². The molecule has 1 heterocycles. The number of nitrogens with zero attached hydrogens (tertiary/aromatic N) is 1. The van der Waals surface area contributed by atoms with E-state index < -0.39 is 5.91 Å². The predicted molar refractivity (Wildman–Crippen MR) is 77.3 cm³/mol. The number of aromatic hydroxyl groups is 1. The van der Waals surface area contributed by atoms with Gasteiger partial charge < -0.3 is 9.52 Å². The fourth-order valence-corrected chi connectivity index (χ4v) is 1.96. The SMILES string of the molecule is O=C(N/N=C/c1cc(Br)ccc1O)c1cc(Br)co1. The number of furan rings is 1. The highest BCUT2D eigenvalue weighted by Gasteiger charge is 2.09. The van der Waals surface area contributed by atoms with Crippen molar-refractivity contribution in [3.8, 4) is 5.75 Å². The summed E-state index contributed by atoms with van der Waals surface area (Å²) in [6.45, 7) is 0. The van der Waals surface area contributed by atoms with E-state index >= 15 is 0 Å². The number of hydrogen-bond donors (Lipinski definition) is 2. The number of hydrogen-bond acceptors (Lipinski definition) is 4. The molecule has 0 saturated carbocycles. The maximum absolute atomic E-state index is 11.6. The van der Waals surface area contributed by atoms with E-state index in [1.807, 2.05) is 0 Å². The van der Waals surface area contributed by atoms with Crippen LogP contribution < -0.4 is 5.43 Å². The predicted octanol–water partition coefficient (Wildman–Crippen LogP) is 3.27. The van der Waals surface area contributed by atoms with Crippen LogP contribution in [0.2, 0.25) is 0 Å². The first-order chi connectivity index (χ1) is 9.06. The third-order valence-electron chi connectivity index (χ3n) is 2.15. The first-order valence-electron chi connectivity index (χ1n) is 5.12. The first kappa shape index (κ1) is 13.8. The van der Waals surface area contributed by atoms with Gasteiger partial charge in [0.05, 0.1) is 10.7 Å². The Morgan fingerprint density at radius 2 is 2.11 bits per heavy atom. The van der Waals surface area contributed by atoms with Crippen LogP contribution in [0, 0.1) is 0 Å². The number of carbonyl (C=O) groups is 1. The summed E-state index contributed by atoms with van der Waals surface area (Å²) in [7, 11) is 0. The molecule has 2 N–H and O–H groups in total. The summed E-state index contributed by atoms with van der Waals surface area (Å²) >= 11 is 6.45. The Morgan fingerprint density at radius 1 is 1.32 bits per heavy atom. The van der Waals surface area contributed by atoms with E-state index in [-0.39, 0.29) is 11.5 Å². The third kappa shape index (κ3) is 3.68. The van der Waals surface area contributed by atoms with Crippen molar-refractivity contribution in [3.05, 3.63) is 50.8 Å². The van der Waals surface area contributed by atoms with E-state index in [0.29, 0.717) is 10.0 Å². The van der Waals surface area contributed by atoms with E-state index in [9.17, 15) is 9.90 Å². The van der Waals surface area contributed by atoms with Gasteiger partial charge in [-0.25, -0.2) is 5.43 Å². The maximum atomic E-state index is 11.6. The molecule has 0 aliphatic heterocycles. The van der Waals surface area contributed by atoms with Gasteiger partial charge in [0.15, 0.2) is 5.76 Å². The molecule has 2 rings (SSSR count). The Labute approximate surface area is 125 Å². The Kier molecular flexibility index (Phi) is 4.39. The van der Waals surface area contributed by atoms with Crippen LogP contribution in [0.1, 0.15) is 16.1 Å². The minimum absolute atomic E-state index is 0.0712. The molecule has 0 unspecified atom stereocenters. The van der Waals surface area contributed by atoms with Crippen LogP contribution in [0.5, 0.6) is 5.75 Å². The zero-order valence-corrected chi connectivity index (χ0v) is 12.6. The number of hydrazone groups is 1. The maximum Gasteiger partial charge on any atom is 0.307 e. The highest BCUT2D eigenvalue weighted by atomic mass is 79.9. The van der Waals surface area contributed by atoms with E-state index in [0.717, 1.165) is 4.47 Å². The number of nitrogens with one attached hydrogen (secondary N) is 1. The van der Waals surface area contributed by atoms with Crippen LogP contribution in [0.4, 0.5) is 0 Å². The fourth-order valence-electron chi connectivity index (χ4n) is 1.28. The lowest BCUT2D eigenvalue weighted by Gasteiger charge is -1.99. The van der Waals surface area contributed by atoms with Gasteiger partial charge in [-0.2, -0.15) is 5.10 Å². The lowest BCUT2D eigenvalue weighted by Crippen LogP contribution is -2.16. The molecule has 0 saturated heterocycles. The molecule has 1 aromatic carbocycles. The molecular weight excluding hydrogens is 380 g/mol. The molecule has 0 bridgehead atoms. The number of phenols is 1. The van der Waals surface area contributed by atoms with Gasteiger partial charge in [-0.3, -0.25) is 4.79 Å². The molecule has 0 atom stereocenters. The van der Waals surface area contributed by atoms with Gasteiger partial charge >= 0.3 is 5.91 Å². The average molecular weight is 388 g/mol. The second-order valence-electron chi connectivity index (χ2n) is 3.53. The van der Waals surface area contributed by atoms with Crippen LogP contribution in [0.25, 0.3) is 0 Å². The van der Waals surface area contributed by atoms with E-state index in [2.05, 4.69) is 42.4 Å². The third-order valence-corrected chi connectivity index (χ3v) is 3.06. The molecule has 0 spiro atoms. The summed E-state index contributed by atoms with van der Waals surface area (Å²) in [5.41, 5.74) is 2.78. The topological polar surface area (TPSA) is 74.8 Å². The molecule has 2 aromatic rings. The minimum Gasteiger partial charge on any atom is -0.507 e. The number of carbonyl (C=O) groups excluding carboxylic acids is 1. The van der Waals surface area contributed by atoms with Gasteiger partial charge in [0, 0.05) is 16.1 Å². The summed E-state index contributed by atoms with van der Waals surface area (Å²) in [6.07, 6.45) is 2.74. The van der Waals surface area contributed by atoms with Crippen molar-refractivity contribution in [2.75, 3.05) is 0 Å². The largest absolute Gasteiger partial charge is 0.507 e. The lowest BCUT2D eigenvalue weighted by molar-refractivity contribution is 0.0927. The molecule has 19 heavy (non-hydrogen) atoms. The molecule has 0 aliphatic carbocycles. The monoisotopic (exact) mass is 386 g/mol. The molecule has 7 heteroatoms. The normalized spacial score (nSPS) is 10.8. The quantitative estimate of drug-likeness (QED) is 0.626. The van der Waals surface area contributed by atoms with E-state index in [4.69, 9.17) is 4.42 Å². The standard InChI is InChI=1S/C12H8Br2N2O3/c13-8-1-2-10(17)7(3-8)5-15-16-12(18)11-4-9(14)6-19-11/h1-6,17H,(H,16,18)/b15-5+. The van der Waals surface area contributed by atoms with Crippen LogP contribution in [-0.2, 0) is 0 Å². The van der Waals surface area contributed by atoms with Gasteiger partial charge in [-0.15, -0.1) is 0 Å². The number of halogens is 2. The summed E-state index contributed by atoms with van der Waals surface area (Å²) in [4.78, 5) is 11.6. The summed E-state index contributed by atoms with van der Waals surface area (Å²) in [5.74, 6) is -0.263. The molecule has 0 radical (unpaired) electrons. The van der Waals surface area contributed by atoms with Gasteiger partial charge in [-0.1, -0.05) is 15.9 Å². The highest BCUT2D eigenvalue weighted by molar-refractivity contribution is 9.10. The first-order valence-corrected chi connectivity index (χ1v) is 6.71. The summed E-state index contributed by atoms with van der Waals surface area (Å²) in [5, 5.41) is 13.3. The lowest BCUT2D eigenvalue weighted by atomic mass is 10.2. The van der Waals surface area contributed by atoms with Crippen LogP contribution >= 0.6 is 31.9 Å². The summed E-state index contributed by atoms with van der Waals surface area (Å²) in [6, 6.07) is 6.43.